The summed E-state index contributed by atoms with van der Waals surface area (Å²) in [6.07, 6.45) is 3.60. The number of thiophene rings is 1. The van der Waals surface area contributed by atoms with E-state index in [4.69, 9.17) is 4.84 Å². The van der Waals surface area contributed by atoms with Gasteiger partial charge in [0.2, 0.25) is 0 Å². The van der Waals surface area contributed by atoms with Crippen molar-refractivity contribution >= 4 is 23.3 Å². The first-order valence-electron chi connectivity index (χ1n) is 13.3. The Bertz CT molecular complexity index is 996. The van der Waals surface area contributed by atoms with E-state index < -0.39 is 0 Å². The summed E-state index contributed by atoms with van der Waals surface area (Å²) in [4.78, 5) is 39.5. The van der Waals surface area contributed by atoms with Crippen LogP contribution in [0.4, 0.5) is 4.79 Å². The lowest BCUT2D eigenvalue weighted by Gasteiger charge is -2.40. The quantitative estimate of drug-likeness (QED) is 0.412. The molecule has 0 saturated carbocycles. The second-order valence-corrected chi connectivity index (χ2v) is 11.3. The fraction of sp³-hybridized carbons (Fsp3) is 0.607. The third kappa shape index (κ3) is 8.25. The molecule has 1 atom stereocenters. The van der Waals surface area contributed by atoms with Gasteiger partial charge in [0.1, 0.15) is 0 Å². The molecule has 0 spiro atoms. The largest absolute Gasteiger partial charge is 0.352 e. The van der Waals surface area contributed by atoms with E-state index in [1.165, 1.54) is 7.11 Å². The average molecular weight is 530 g/mol. The number of pyridine rings is 1. The summed E-state index contributed by atoms with van der Waals surface area (Å²) in [5.41, 5.74) is 7.16. The Kier molecular flexibility index (Phi) is 10.9. The predicted octanol–water partition coefficient (Wildman–Crippen LogP) is 4.70. The Morgan fingerprint density at radius 2 is 1.97 bits per heavy atom. The Morgan fingerprint density at radius 1 is 1.24 bits per heavy atom. The molecule has 1 saturated heterocycles. The average Bonchev–Trinajstić information content (AvgIpc) is 3.35. The van der Waals surface area contributed by atoms with Crippen LogP contribution in [0, 0.1) is 19.8 Å². The standard InChI is InChI=1S/C28H43N5O3S/c1-19(2)15-24-16-20(3)26(22(5)30-24)27(34)29-11-7-21(4)32-12-8-25(9-13-32)33(28(35)31-36-6)17-23-10-14-37-18-23/h10,14,16,18-19,21,25H,7-9,11-13,15,17H2,1-6H3,(H,29,34)(H,31,35)/t21-/m1/s1. The number of carbonyl (C=O) groups excluding carboxylic acids is 2. The number of rotatable bonds is 11. The molecule has 8 nitrogen and oxygen atoms in total. The zero-order valence-electron chi connectivity index (χ0n) is 23.2. The zero-order valence-corrected chi connectivity index (χ0v) is 24.0. The summed E-state index contributed by atoms with van der Waals surface area (Å²) in [5.74, 6) is 0.488. The van der Waals surface area contributed by atoms with Crippen LogP contribution in [-0.2, 0) is 17.8 Å². The van der Waals surface area contributed by atoms with Crippen molar-refractivity contribution in [1.29, 1.82) is 0 Å². The lowest BCUT2D eigenvalue weighted by atomic mass is 10.0. The molecule has 0 bridgehead atoms. The van der Waals surface area contributed by atoms with Gasteiger partial charge in [-0.15, -0.1) is 0 Å². The molecule has 3 rings (SSSR count). The van der Waals surface area contributed by atoms with Crippen LogP contribution in [-0.4, -0.2) is 65.5 Å². The maximum atomic E-state index is 12.9. The van der Waals surface area contributed by atoms with Gasteiger partial charge in [0.25, 0.3) is 5.91 Å². The molecule has 2 aromatic rings. The second kappa shape index (κ2) is 13.9. The molecule has 1 aliphatic heterocycles. The lowest BCUT2D eigenvalue weighted by molar-refractivity contribution is 0.0565. The number of amides is 3. The SMILES string of the molecule is CONC(=O)N(Cc1ccsc1)C1CCN([C@H](C)CCNC(=O)c2c(C)cc(CC(C)C)nc2C)CC1. The van der Waals surface area contributed by atoms with Crippen molar-refractivity contribution in [3.63, 3.8) is 0 Å². The van der Waals surface area contributed by atoms with Gasteiger partial charge in [-0.1, -0.05) is 13.8 Å². The maximum absolute atomic E-state index is 12.9. The van der Waals surface area contributed by atoms with Crippen LogP contribution in [0.25, 0.3) is 0 Å². The van der Waals surface area contributed by atoms with E-state index in [0.717, 1.165) is 61.3 Å². The summed E-state index contributed by atoms with van der Waals surface area (Å²) in [7, 11) is 1.46. The van der Waals surface area contributed by atoms with E-state index in [0.29, 0.717) is 30.6 Å². The minimum Gasteiger partial charge on any atom is -0.352 e. The molecule has 1 aliphatic rings. The van der Waals surface area contributed by atoms with Crippen LogP contribution in [0.3, 0.4) is 0 Å². The number of urea groups is 1. The van der Waals surface area contributed by atoms with Gasteiger partial charge in [0.15, 0.2) is 0 Å². The van der Waals surface area contributed by atoms with E-state index in [9.17, 15) is 9.59 Å². The van der Waals surface area contributed by atoms with Crippen LogP contribution >= 0.6 is 11.3 Å². The molecule has 3 heterocycles. The number of aromatic nitrogens is 1. The highest BCUT2D eigenvalue weighted by Crippen LogP contribution is 2.22. The van der Waals surface area contributed by atoms with E-state index >= 15 is 0 Å². The number of nitrogens with zero attached hydrogens (tertiary/aromatic N) is 3. The maximum Gasteiger partial charge on any atom is 0.341 e. The van der Waals surface area contributed by atoms with Crippen LogP contribution < -0.4 is 10.8 Å². The molecule has 1 fully saturated rings. The van der Waals surface area contributed by atoms with Crippen molar-refractivity contribution in [1.82, 2.24) is 25.6 Å². The molecule has 37 heavy (non-hydrogen) atoms. The third-order valence-electron chi connectivity index (χ3n) is 7.09. The summed E-state index contributed by atoms with van der Waals surface area (Å²) >= 11 is 1.64. The van der Waals surface area contributed by atoms with Gasteiger partial charge >= 0.3 is 6.03 Å². The van der Waals surface area contributed by atoms with Gasteiger partial charge in [-0.25, -0.2) is 10.3 Å². The Labute approximate surface area is 225 Å². The van der Waals surface area contributed by atoms with Crippen LogP contribution in [0.1, 0.15) is 72.9 Å². The normalized spacial score (nSPS) is 15.5. The monoisotopic (exact) mass is 529 g/mol. The van der Waals surface area contributed by atoms with Gasteiger partial charge in [-0.05, 0) is 86.4 Å². The third-order valence-corrected chi connectivity index (χ3v) is 7.82. The van der Waals surface area contributed by atoms with Crippen LogP contribution in [0.5, 0.6) is 0 Å². The smallest absolute Gasteiger partial charge is 0.341 e. The number of aryl methyl sites for hydroxylation is 2. The molecule has 0 aliphatic carbocycles. The Balaban J connectivity index is 1.48. The van der Waals surface area contributed by atoms with Gasteiger partial charge in [0.05, 0.1) is 18.4 Å². The fourth-order valence-corrected chi connectivity index (χ4v) is 5.83. The molecule has 3 amide bonds. The number of piperidine rings is 1. The number of hydrogen-bond acceptors (Lipinski definition) is 6. The first-order valence-corrected chi connectivity index (χ1v) is 14.2. The fourth-order valence-electron chi connectivity index (χ4n) is 5.17. The van der Waals surface area contributed by atoms with Gasteiger partial charge in [-0.2, -0.15) is 11.3 Å². The molecule has 204 valence electrons. The van der Waals surface area contributed by atoms with E-state index in [2.05, 4.69) is 52.9 Å². The Hall–Kier alpha value is -2.49. The number of nitrogens with one attached hydrogen (secondary N) is 2. The first-order chi connectivity index (χ1) is 17.7. The highest BCUT2D eigenvalue weighted by Gasteiger charge is 2.30. The second-order valence-electron chi connectivity index (χ2n) is 10.5. The highest BCUT2D eigenvalue weighted by atomic mass is 32.1. The predicted molar refractivity (Wildman–Crippen MR) is 149 cm³/mol. The lowest BCUT2D eigenvalue weighted by Crippen LogP contribution is -2.51. The minimum atomic E-state index is -0.194. The molecule has 0 unspecified atom stereocenters. The van der Waals surface area contributed by atoms with Crippen LogP contribution in [0.2, 0.25) is 0 Å². The van der Waals surface area contributed by atoms with Gasteiger partial charge in [-0.3, -0.25) is 14.6 Å². The topological polar surface area (TPSA) is 86.8 Å². The summed E-state index contributed by atoms with van der Waals surface area (Å²) in [6, 6.07) is 4.41. The summed E-state index contributed by atoms with van der Waals surface area (Å²) < 4.78 is 0. The van der Waals surface area contributed by atoms with Gasteiger partial charge < -0.3 is 15.1 Å². The van der Waals surface area contributed by atoms with Crippen molar-refractivity contribution in [3.05, 3.63) is 51.0 Å². The van der Waals surface area contributed by atoms with Crippen molar-refractivity contribution in [2.24, 2.45) is 5.92 Å². The number of hydrogen-bond donors (Lipinski definition) is 2. The Morgan fingerprint density at radius 3 is 2.57 bits per heavy atom. The van der Waals surface area contributed by atoms with E-state index in [1.54, 1.807) is 11.3 Å². The minimum absolute atomic E-state index is 0.0438. The van der Waals surface area contributed by atoms with Crippen molar-refractivity contribution in [2.75, 3.05) is 26.7 Å². The molecule has 2 N–H and O–H groups in total. The van der Waals surface area contributed by atoms with E-state index in [1.807, 2.05) is 30.2 Å². The molecule has 9 heteroatoms. The van der Waals surface area contributed by atoms with Crippen molar-refractivity contribution in [3.8, 4) is 0 Å². The van der Waals surface area contributed by atoms with Gasteiger partial charge in [0, 0.05) is 44.0 Å². The molecule has 0 radical (unpaired) electrons. The highest BCUT2D eigenvalue weighted by molar-refractivity contribution is 7.07. The summed E-state index contributed by atoms with van der Waals surface area (Å²) in [6.45, 7) is 13.5. The number of carbonyl (C=O) groups is 2. The first kappa shape index (κ1) is 29.1. The number of likely N-dealkylation sites (tertiary alicyclic amines) is 1. The van der Waals surface area contributed by atoms with Crippen molar-refractivity contribution in [2.45, 2.75) is 78.9 Å². The van der Waals surface area contributed by atoms with E-state index in [-0.39, 0.29) is 18.0 Å². The molecular formula is C28H43N5O3S. The zero-order chi connectivity index (χ0) is 26.9. The van der Waals surface area contributed by atoms with Crippen LogP contribution in [0.15, 0.2) is 22.9 Å². The molecule has 0 aromatic carbocycles. The summed E-state index contributed by atoms with van der Waals surface area (Å²) in [5, 5.41) is 7.23. The molecular weight excluding hydrogens is 486 g/mol. The van der Waals surface area contributed by atoms with Crippen molar-refractivity contribution < 1.29 is 14.4 Å². The number of hydroxylamine groups is 1. The molecule has 2 aromatic heterocycles.